The Morgan fingerprint density at radius 3 is 2.41 bits per heavy atom. The van der Waals surface area contributed by atoms with Gasteiger partial charge in [-0.15, -0.1) is 0 Å². The third-order valence-electron chi connectivity index (χ3n) is 3.19. The maximum absolute atomic E-state index is 5.84. The van der Waals surface area contributed by atoms with Crippen molar-refractivity contribution < 1.29 is 4.74 Å². The molecule has 0 bridgehead atoms. The quantitative estimate of drug-likeness (QED) is 0.741. The van der Waals surface area contributed by atoms with Crippen molar-refractivity contribution in [2.45, 2.75) is 26.8 Å². The highest BCUT2D eigenvalue weighted by molar-refractivity contribution is 5.38. The molecule has 1 aromatic carbocycles. The summed E-state index contributed by atoms with van der Waals surface area (Å²) in [6.07, 6.45) is 0. The maximum Gasteiger partial charge on any atom is 0.0587 e. The standard InChI is InChI=1S/C14H24N2O/c1-10-7-12(3)13(8-11(10)2)14(9-15)16-5-6-17-4/h7-8,14,16H,5-6,9,15H2,1-4H3. The van der Waals surface area contributed by atoms with Crippen molar-refractivity contribution in [3.05, 3.63) is 34.4 Å². The van der Waals surface area contributed by atoms with Crippen molar-refractivity contribution in [2.24, 2.45) is 5.73 Å². The second-order valence-corrected chi connectivity index (χ2v) is 4.53. The van der Waals surface area contributed by atoms with Crippen LogP contribution in [0.1, 0.15) is 28.3 Å². The Labute approximate surface area is 104 Å². The van der Waals surface area contributed by atoms with Gasteiger partial charge in [-0.1, -0.05) is 12.1 Å². The van der Waals surface area contributed by atoms with Gasteiger partial charge in [-0.25, -0.2) is 0 Å². The topological polar surface area (TPSA) is 47.3 Å². The number of methoxy groups -OCH3 is 1. The highest BCUT2D eigenvalue weighted by Gasteiger charge is 2.12. The van der Waals surface area contributed by atoms with Gasteiger partial charge in [0.15, 0.2) is 0 Å². The Morgan fingerprint density at radius 1 is 1.18 bits per heavy atom. The predicted molar refractivity (Wildman–Crippen MR) is 72.3 cm³/mol. The summed E-state index contributed by atoms with van der Waals surface area (Å²) < 4.78 is 5.04. The first-order chi connectivity index (χ1) is 8.10. The molecule has 0 radical (unpaired) electrons. The van der Waals surface area contributed by atoms with Crippen LogP contribution in [0.5, 0.6) is 0 Å². The summed E-state index contributed by atoms with van der Waals surface area (Å²) in [4.78, 5) is 0. The molecule has 0 aliphatic carbocycles. The van der Waals surface area contributed by atoms with E-state index in [2.05, 4.69) is 38.2 Å². The Hall–Kier alpha value is -0.900. The van der Waals surface area contributed by atoms with Crippen LogP contribution in [0.2, 0.25) is 0 Å². The van der Waals surface area contributed by atoms with E-state index in [4.69, 9.17) is 10.5 Å². The zero-order valence-electron chi connectivity index (χ0n) is 11.3. The summed E-state index contributed by atoms with van der Waals surface area (Å²) in [6.45, 7) is 8.56. The molecule has 3 nitrogen and oxygen atoms in total. The average molecular weight is 236 g/mol. The van der Waals surface area contributed by atoms with Gasteiger partial charge in [0.2, 0.25) is 0 Å². The molecule has 0 heterocycles. The first-order valence-corrected chi connectivity index (χ1v) is 6.10. The number of rotatable bonds is 6. The molecule has 96 valence electrons. The van der Waals surface area contributed by atoms with Gasteiger partial charge in [0.1, 0.15) is 0 Å². The summed E-state index contributed by atoms with van der Waals surface area (Å²) in [6, 6.07) is 4.68. The molecule has 3 heteroatoms. The molecule has 3 N–H and O–H groups in total. The molecule has 1 atom stereocenters. The SMILES string of the molecule is COCCNC(CN)c1cc(C)c(C)cc1C. The van der Waals surface area contributed by atoms with E-state index in [1.54, 1.807) is 7.11 Å². The number of hydrogen-bond donors (Lipinski definition) is 2. The first kappa shape index (κ1) is 14.2. The van der Waals surface area contributed by atoms with Crippen LogP contribution >= 0.6 is 0 Å². The minimum absolute atomic E-state index is 0.212. The fraction of sp³-hybridized carbons (Fsp3) is 0.571. The minimum Gasteiger partial charge on any atom is -0.383 e. The highest BCUT2D eigenvalue weighted by Crippen LogP contribution is 2.21. The van der Waals surface area contributed by atoms with Crippen molar-refractivity contribution >= 4 is 0 Å². The summed E-state index contributed by atoms with van der Waals surface area (Å²) >= 11 is 0. The van der Waals surface area contributed by atoms with Crippen LogP contribution in [0.15, 0.2) is 12.1 Å². The second kappa shape index (κ2) is 6.74. The van der Waals surface area contributed by atoms with Crippen LogP contribution in [-0.4, -0.2) is 26.8 Å². The normalized spacial score (nSPS) is 12.8. The van der Waals surface area contributed by atoms with Crippen molar-refractivity contribution in [1.29, 1.82) is 0 Å². The van der Waals surface area contributed by atoms with E-state index in [0.717, 1.165) is 6.54 Å². The van der Waals surface area contributed by atoms with E-state index in [1.165, 1.54) is 22.3 Å². The minimum atomic E-state index is 0.212. The van der Waals surface area contributed by atoms with Crippen molar-refractivity contribution in [3.63, 3.8) is 0 Å². The van der Waals surface area contributed by atoms with E-state index in [1.807, 2.05) is 0 Å². The van der Waals surface area contributed by atoms with Gasteiger partial charge in [0, 0.05) is 26.2 Å². The smallest absolute Gasteiger partial charge is 0.0587 e. The van der Waals surface area contributed by atoms with Gasteiger partial charge in [-0.05, 0) is 43.0 Å². The monoisotopic (exact) mass is 236 g/mol. The summed E-state index contributed by atoms with van der Waals surface area (Å²) in [5.41, 5.74) is 11.1. The molecule has 0 spiro atoms. The zero-order chi connectivity index (χ0) is 12.8. The highest BCUT2D eigenvalue weighted by atomic mass is 16.5. The number of nitrogens with one attached hydrogen (secondary N) is 1. The Morgan fingerprint density at radius 2 is 1.82 bits per heavy atom. The third kappa shape index (κ3) is 3.80. The van der Waals surface area contributed by atoms with Gasteiger partial charge < -0.3 is 15.8 Å². The molecular formula is C14H24N2O. The molecule has 1 rings (SSSR count). The zero-order valence-corrected chi connectivity index (χ0v) is 11.3. The van der Waals surface area contributed by atoms with Crippen molar-refractivity contribution in [3.8, 4) is 0 Å². The van der Waals surface area contributed by atoms with E-state index in [9.17, 15) is 0 Å². The molecule has 0 aliphatic heterocycles. The molecule has 0 aliphatic rings. The molecule has 1 unspecified atom stereocenters. The number of ether oxygens (including phenoxy) is 1. The van der Waals surface area contributed by atoms with Crippen molar-refractivity contribution in [1.82, 2.24) is 5.32 Å². The van der Waals surface area contributed by atoms with Crippen LogP contribution in [0.25, 0.3) is 0 Å². The molecule has 17 heavy (non-hydrogen) atoms. The molecule has 1 aromatic rings. The lowest BCUT2D eigenvalue weighted by molar-refractivity contribution is 0.196. The lowest BCUT2D eigenvalue weighted by Gasteiger charge is -2.20. The molecular weight excluding hydrogens is 212 g/mol. The number of benzene rings is 1. The van der Waals surface area contributed by atoms with E-state index >= 15 is 0 Å². The maximum atomic E-state index is 5.84. The number of nitrogens with two attached hydrogens (primary N) is 1. The fourth-order valence-electron chi connectivity index (χ4n) is 2.01. The van der Waals surface area contributed by atoms with Crippen LogP contribution in [-0.2, 0) is 4.74 Å². The molecule has 0 aromatic heterocycles. The molecule has 0 saturated heterocycles. The number of hydrogen-bond acceptors (Lipinski definition) is 3. The van der Waals surface area contributed by atoms with Crippen LogP contribution < -0.4 is 11.1 Å². The third-order valence-corrected chi connectivity index (χ3v) is 3.19. The van der Waals surface area contributed by atoms with Gasteiger partial charge >= 0.3 is 0 Å². The van der Waals surface area contributed by atoms with E-state index in [0.29, 0.717) is 13.2 Å². The van der Waals surface area contributed by atoms with Gasteiger partial charge in [0.05, 0.1) is 6.61 Å². The van der Waals surface area contributed by atoms with Crippen LogP contribution in [0.4, 0.5) is 0 Å². The summed E-state index contributed by atoms with van der Waals surface area (Å²) in [7, 11) is 1.71. The molecule has 0 saturated carbocycles. The Kier molecular flexibility index (Phi) is 5.62. The van der Waals surface area contributed by atoms with Gasteiger partial charge in [0.25, 0.3) is 0 Å². The van der Waals surface area contributed by atoms with Gasteiger partial charge in [-0.3, -0.25) is 0 Å². The lowest BCUT2D eigenvalue weighted by Crippen LogP contribution is -2.31. The fourth-order valence-corrected chi connectivity index (χ4v) is 2.01. The Balaban J connectivity index is 2.84. The molecule has 0 fully saturated rings. The van der Waals surface area contributed by atoms with Crippen LogP contribution in [0.3, 0.4) is 0 Å². The number of aryl methyl sites for hydroxylation is 3. The van der Waals surface area contributed by atoms with Crippen molar-refractivity contribution in [2.75, 3.05) is 26.8 Å². The Bertz CT molecular complexity index is 363. The lowest BCUT2D eigenvalue weighted by atomic mass is 9.96. The van der Waals surface area contributed by atoms with E-state index < -0.39 is 0 Å². The predicted octanol–water partition coefficient (Wildman–Crippen LogP) is 1.85. The second-order valence-electron chi connectivity index (χ2n) is 4.53. The first-order valence-electron chi connectivity index (χ1n) is 6.10. The summed E-state index contributed by atoms with van der Waals surface area (Å²) in [5, 5.41) is 3.42. The average Bonchev–Trinajstić information content (AvgIpc) is 2.30. The van der Waals surface area contributed by atoms with Crippen LogP contribution in [0, 0.1) is 20.8 Å². The summed E-state index contributed by atoms with van der Waals surface area (Å²) in [5.74, 6) is 0. The largest absolute Gasteiger partial charge is 0.383 e. The van der Waals surface area contributed by atoms with E-state index in [-0.39, 0.29) is 6.04 Å². The van der Waals surface area contributed by atoms with Gasteiger partial charge in [-0.2, -0.15) is 0 Å². The molecule has 0 amide bonds.